The van der Waals surface area contributed by atoms with Gasteiger partial charge < -0.3 is 19.5 Å². The standard InChI is InChI=1S/C20H19F4NO4/c1-2-28-18-9-13(21)5-8-15(18)16-10-17(26)19(27)25(16)11-12-3-6-14(7-4-12)29-20(22,23)24/h3-9,16-17,26H,2,10-11H2,1H3. The lowest BCUT2D eigenvalue weighted by Crippen LogP contribution is -2.30. The number of rotatable bonds is 6. The number of halogens is 4. The van der Waals surface area contributed by atoms with Crippen LogP contribution in [0.15, 0.2) is 42.5 Å². The van der Waals surface area contributed by atoms with Gasteiger partial charge in [-0.2, -0.15) is 0 Å². The second-order valence-electron chi connectivity index (χ2n) is 6.54. The minimum Gasteiger partial charge on any atom is -0.493 e. The molecule has 1 N–H and O–H groups in total. The molecule has 3 rings (SSSR count). The van der Waals surface area contributed by atoms with Gasteiger partial charge in [-0.15, -0.1) is 13.2 Å². The molecule has 0 spiro atoms. The Morgan fingerprint density at radius 1 is 1.17 bits per heavy atom. The van der Waals surface area contributed by atoms with Crippen LogP contribution in [-0.4, -0.2) is 35.0 Å². The first-order valence-electron chi connectivity index (χ1n) is 8.93. The number of aliphatic hydroxyl groups excluding tert-OH is 1. The minimum atomic E-state index is -4.79. The third-order valence-electron chi connectivity index (χ3n) is 4.54. The summed E-state index contributed by atoms with van der Waals surface area (Å²) in [5.41, 5.74) is 1.10. The van der Waals surface area contributed by atoms with E-state index in [-0.39, 0.29) is 24.5 Å². The Labute approximate surface area is 164 Å². The van der Waals surface area contributed by atoms with Crippen molar-refractivity contribution in [2.45, 2.75) is 38.4 Å². The van der Waals surface area contributed by atoms with Crippen LogP contribution in [0.3, 0.4) is 0 Å². The molecule has 1 amide bonds. The van der Waals surface area contributed by atoms with E-state index in [1.807, 2.05) is 0 Å². The van der Waals surface area contributed by atoms with Gasteiger partial charge in [0.15, 0.2) is 0 Å². The molecule has 2 aromatic carbocycles. The number of likely N-dealkylation sites (tertiary alicyclic amines) is 1. The van der Waals surface area contributed by atoms with Gasteiger partial charge >= 0.3 is 6.36 Å². The van der Waals surface area contributed by atoms with E-state index in [1.54, 1.807) is 6.92 Å². The maximum atomic E-state index is 13.6. The highest BCUT2D eigenvalue weighted by Gasteiger charge is 2.40. The van der Waals surface area contributed by atoms with Crippen LogP contribution in [0.25, 0.3) is 0 Å². The molecule has 0 radical (unpaired) electrons. The van der Waals surface area contributed by atoms with Crippen LogP contribution in [0.2, 0.25) is 0 Å². The summed E-state index contributed by atoms with van der Waals surface area (Å²) in [5, 5.41) is 10.1. The van der Waals surface area contributed by atoms with Crippen LogP contribution in [0.1, 0.15) is 30.5 Å². The maximum absolute atomic E-state index is 13.6. The van der Waals surface area contributed by atoms with Crippen LogP contribution in [0.4, 0.5) is 17.6 Å². The zero-order chi connectivity index (χ0) is 21.2. The Bertz CT molecular complexity index is 870. The van der Waals surface area contributed by atoms with Crippen molar-refractivity contribution in [2.75, 3.05) is 6.61 Å². The number of benzene rings is 2. The van der Waals surface area contributed by atoms with E-state index in [4.69, 9.17) is 4.74 Å². The summed E-state index contributed by atoms with van der Waals surface area (Å²) in [6.07, 6.45) is -5.92. The molecule has 1 fully saturated rings. The van der Waals surface area contributed by atoms with Crippen LogP contribution in [0.5, 0.6) is 11.5 Å². The highest BCUT2D eigenvalue weighted by molar-refractivity contribution is 5.83. The molecule has 9 heteroatoms. The molecule has 0 aliphatic carbocycles. The first kappa shape index (κ1) is 20.9. The fourth-order valence-electron chi connectivity index (χ4n) is 3.32. The molecule has 1 saturated heterocycles. The Hall–Kier alpha value is -2.81. The van der Waals surface area contributed by atoms with E-state index in [1.165, 1.54) is 35.2 Å². The average molecular weight is 413 g/mol. The summed E-state index contributed by atoms with van der Waals surface area (Å²) in [6, 6.07) is 8.52. The summed E-state index contributed by atoms with van der Waals surface area (Å²) in [4.78, 5) is 13.9. The Morgan fingerprint density at radius 3 is 2.48 bits per heavy atom. The second-order valence-corrected chi connectivity index (χ2v) is 6.54. The van der Waals surface area contributed by atoms with E-state index in [2.05, 4.69) is 4.74 Å². The normalized spacial score (nSPS) is 19.5. The van der Waals surface area contributed by atoms with Crippen molar-refractivity contribution in [1.82, 2.24) is 4.90 Å². The number of alkyl halides is 3. The molecule has 2 aromatic rings. The number of carbonyl (C=O) groups is 1. The Balaban J connectivity index is 1.84. The van der Waals surface area contributed by atoms with Crippen molar-refractivity contribution in [1.29, 1.82) is 0 Å². The van der Waals surface area contributed by atoms with Gasteiger partial charge in [-0.1, -0.05) is 18.2 Å². The lowest BCUT2D eigenvalue weighted by molar-refractivity contribution is -0.274. The van der Waals surface area contributed by atoms with Crippen LogP contribution in [0, 0.1) is 5.82 Å². The molecule has 29 heavy (non-hydrogen) atoms. The predicted molar refractivity (Wildman–Crippen MR) is 94.6 cm³/mol. The van der Waals surface area contributed by atoms with Gasteiger partial charge in [0.2, 0.25) is 0 Å². The van der Waals surface area contributed by atoms with E-state index in [9.17, 15) is 27.5 Å². The van der Waals surface area contributed by atoms with Gasteiger partial charge in [0, 0.05) is 24.6 Å². The second kappa shape index (κ2) is 8.28. The average Bonchev–Trinajstić information content (AvgIpc) is 2.91. The molecule has 1 aliphatic heterocycles. The largest absolute Gasteiger partial charge is 0.573 e. The molecular weight excluding hydrogens is 394 g/mol. The molecule has 1 heterocycles. The summed E-state index contributed by atoms with van der Waals surface area (Å²) >= 11 is 0. The van der Waals surface area contributed by atoms with E-state index >= 15 is 0 Å². The monoisotopic (exact) mass is 413 g/mol. The van der Waals surface area contributed by atoms with Gasteiger partial charge in [-0.25, -0.2) is 4.39 Å². The van der Waals surface area contributed by atoms with Crippen molar-refractivity contribution >= 4 is 5.91 Å². The molecule has 0 bridgehead atoms. The van der Waals surface area contributed by atoms with Crippen LogP contribution in [-0.2, 0) is 11.3 Å². The van der Waals surface area contributed by atoms with Crippen molar-refractivity contribution in [3.05, 3.63) is 59.4 Å². The lowest BCUT2D eigenvalue weighted by atomic mass is 10.0. The highest BCUT2D eigenvalue weighted by Crippen LogP contribution is 2.39. The summed E-state index contributed by atoms with van der Waals surface area (Å²) < 4.78 is 59.8. The van der Waals surface area contributed by atoms with Crippen LogP contribution < -0.4 is 9.47 Å². The molecule has 0 aromatic heterocycles. The van der Waals surface area contributed by atoms with Crippen molar-refractivity contribution < 1.29 is 36.9 Å². The van der Waals surface area contributed by atoms with E-state index in [0.717, 1.165) is 12.1 Å². The zero-order valence-electron chi connectivity index (χ0n) is 15.4. The maximum Gasteiger partial charge on any atom is 0.573 e. The van der Waals surface area contributed by atoms with Gasteiger partial charge in [0.05, 0.1) is 12.6 Å². The quantitative estimate of drug-likeness (QED) is 0.729. The first-order chi connectivity index (χ1) is 13.7. The smallest absolute Gasteiger partial charge is 0.493 e. The fourth-order valence-corrected chi connectivity index (χ4v) is 3.32. The number of hydrogen-bond acceptors (Lipinski definition) is 4. The summed E-state index contributed by atoms with van der Waals surface area (Å²) in [5.74, 6) is -1.10. The number of aliphatic hydroxyl groups is 1. The van der Waals surface area contributed by atoms with Gasteiger partial charge in [-0.3, -0.25) is 4.79 Å². The fraction of sp³-hybridized carbons (Fsp3) is 0.350. The van der Waals surface area contributed by atoms with Crippen LogP contribution >= 0.6 is 0 Å². The predicted octanol–water partition coefficient (Wildman–Crippen LogP) is 3.96. The Kier molecular flexibility index (Phi) is 5.97. The number of ether oxygens (including phenoxy) is 2. The van der Waals surface area contributed by atoms with Crippen molar-refractivity contribution in [3.8, 4) is 11.5 Å². The molecule has 0 saturated carbocycles. The molecular formula is C20H19F4NO4. The van der Waals surface area contributed by atoms with Crippen molar-refractivity contribution in [3.63, 3.8) is 0 Å². The number of hydrogen-bond donors (Lipinski definition) is 1. The third-order valence-corrected chi connectivity index (χ3v) is 4.54. The third kappa shape index (κ3) is 4.97. The van der Waals surface area contributed by atoms with E-state index < -0.39 is 30.2 Å². The molecule has 2 unspecified atom stereocenters. The highest BCUT2D eigenvalue weighted by atomic mass is 19.4. The lowest BCUT2D eigenvalue weighted by Gasteiger charge is -2.26. The first-order valence-corrected chi connectivity index (χ1v) is 8.93. The van der Waals surface area contributed by atoms with E-state index in [0.29, 0.717) is 17.7 Å². The van der Waals surface area contributed by atoms with Crippen molar-refractivity contribution in [2.24, 2.45) is 0 Å². The number of nitrogens with zero attached hydrogens (tertiary/aromatic N) is 1. The molecule has 1 aliphatic rings. The SMILES string of the molecule is CCOc1cc(F)ccc1C1CC(O)C(=O)N1Cc1ccc(OC(F)(F)F)cc1. The topological polar surface area (TPSA) is 59.0 Å². The minimum absolute atomic E-state index is 0.0514. The summed E-state index contributed by atoms with van der Waals surface area (Å²) in [7, 11) is 0. The summed E-state index contributed by atoms with van der Waals surface area (Å²) in [6.45, 7) is 2.09. The van der Waals surface area contributed by atoms with Gasteiger partial charge in [-0.05, 0) is 30.7 Å². The number of amides is 1. The molecule has 156 valence electrons. The zero-order valence-corrected chi connectivity index (χ0v) is 15.4. The number of carbonyl (C=O) groups excluding carboxylic acids is 1. The molecule has 5 nitrogen and oxygen atoms in total. The molecule has 2 atom stereocenters. The van der Waals surface area contributed by atoms with Gasteiger partial charge in [0.1, 0.15) is 23.4 Å². The Morgan fingerprint density at radius 2 is 1.86 bits per heavy atom. The van der Waals surface area contributed by atoms with Gasteiger partial charge in [0.25, 0.3) is 5.91 Å².